The Morgan fingerprint density at radius 1 is 0.853 bits per heavy atom. The molecule has 3 atom stereocenters. The maximum atomic E-state index is 11.3. The molecule has 1 N–H and O–H groups in total. The number of rotatable bonds is 8. The monoisotopic (exact) mass is 458 g/mol. The van der Waals surface area contributed by atoms with E-state index in [1.807, 2.05) is 88.4 Å². The van der Waals surface area contributed by atoms with Gasteiger partial charge in [0.05, 0.1) is 6.61 Å². The van der Waals surface area contributed by atoms with Crippen LogP contribution in [0.25, 0.3) is 0 Å². The molecule has 178 valence electrons. The third-order valence-electron chi connectivity index (χ3n) is 6.05. The van der Waals surface area contributed by atoms with Crippen LogP contribution in [0.5, 0.6) is 0 Å². The van der Waals surface area contributed by atoms with Gasteiger partial charge in [-0.2, -0.15) is 0 Å². The van der Waals surface area contributed by atoms with Crippen molar-refractivity contribution in [2.45, 2.75) is 57.4 Å². The summed E-state index contributed by atoms with van der Waals surface area (Å²) in [6, 6.07) is 30.4. The Balaban J connectivity index is 1.73. The molecule has 0 aromatic heterocycles. The fourth-order valence-corrected chi connectivity index (χ4v) is 4.65. The lowest BCUT2D eigenvalue weighted by atomic mass is 9.80. The van der Waals surface area contributed by atoms with Crippen LogP contribution in [0.1, 0.15) is 44.4 Å². The van der Waals surface area contributed by atoms with Crippen LogP contribution in [0.15, 0.2) is 103 Å². The zero-order valence-corrected chi connectivity index (χ0v) is 20.3. The van der Waals surface area contributed by atoms with Crippen LogP contribution >= 0.6 is 0 Å². The van der Waals surface area contributed by atoms with Gasteiger partial charge >= 0.3 is 0 Å². The summed E-state index contributed by atoms with van der Waals surface area (Å²) in [5.41, 5.74) is 3.18. The first-order valence-corrected chi connectivity index (χ1v) is 11.8. The molecule has 0 amide bonds. The molecule has 4 heteroatoms. The molecule has 3 aromatic carbocycles. The summed E-state index contributed by atoms with van der Waals surface area (Å²) in [6.07, 6.45) is 0.225. The zero-order chi connectivity index (χ0) is 24.2. The summed E-state index contributed by atoms with van der Waals surface area (Å²) in [6.45, 7) is 7.83. The number of aliphatic hydroxyl groups is 1. The number of aliphatic hydroxyl groups excluding tert-OH is 1. The Kier molecular flexibility index (Phi) is 7.34. The normalized spacial score (nSPS) is 20.6. The fourth-order valence-electron chi connectivity index (χ4n) is 4.65. The summed E-state index contributed by atoms with van der Waals surface area (Å²) < 4.78 is 19.0. The quantitative estimate of drug-likeness (QED) is 0.340. The van der Waals surface area contributed by atoms with Crippen molar-refractivity contribution in [1.82, 2.24) is 0 Å². The van der Waals surface area contributed by atoms with Crippen molar-refractivity contribution in [3.63, 3.8) is 0 Å². The first kappa shape index (κ1) is 24.4. The maximum absolute atomic E-state index is 11.3. The van der Waals surface area contributed by atoms with Gasteiger partial charge in [-0.05, 0) is 44.4 Å². The lowest BCUT2D eigenvalue weighted by molar-refractivity contribution is -0.160. The minimum absolute atomic E-state index is 0.0654. The molecule has 3 aromatic rings. The number of hydrogen-bond acceptors (Lipinski definition) is 4. The third-order valence-corrected chi connectivity index (χ3v) is 6.05. The van der Waals surface area contributed by atoms with E-state index in [4.69, 9.17) is 14.2 Å². The molecule has 0 radical (unpaired) electrons. The standard InChI is InChI=1S/C30H34O4/c1-22(2)20-27-28(34-29(3,4)33-27)26(31)21-32-30(23-14-8-5-9-15-23,24-16-10-6-11-17-24)25-18-12-7-13-19-25/h5-20,26-28,31H,21H2,1-4H3. The lowest BCUT2D eigenvalue weighted by Crippen LogP contribution is -2.42. The van der Waals surface area contributed by atoms with Gasteiger partial charge in [0, 0.05) is 0 Å². The largest absolute Gasteiger partial charge is 0.388 e. The van der Waals surface area contributed by atoms with Crippen molar-refractivity contribution in [2.24, 2.45) is 0 Å². The molecule has 0 aliphatic carbocycles. The zero-order valence-electron chi connectivity index (χ0n) is 20.3. The van der Waals surface area contributed by atoms with E-state index in [9.17, 15) is 5.11 Å². The average Bonchev–Trinajstić information content (AvgIpc) is 3.14. The minimum atomic E-state index is -0.897. The van der Waals surface area contributed by atoms with Crippen molar-refractivity contribution in [2.75, 3.05) is 6.61 Å². The van der Waals surface area contributed by atoms with Crippen LogP contribution < -0.4 is 0 Å². The predicted molar refractivity (Wildman–Crippen MR) is 134 cm³/mol. The van der Waals surface area contributed by atoms with E-state index in [2.05, 4.69) is 36.4 Å². The van der Waals surface area contributed by atoms with Crippen molar-refractivity contribution < 1.29 is 19.3 Å². The number of ether oxygens (including phenoxy) is 3. The second-order valence-corrected chi connectivity index (χ2v) is 9.47. The Labute approximate surface area is 202 Å². The molecule has 0 spiro atoms. The van der Waals surface area contributed by atoms with E-state index >= 15 is 0 Å². The van der Waals surface area contributed by atoms with Crippen molar-refractivity contribution in [3.8, 4) is 0 Å². The Bertz CT molecular complexity index is 976. The molecule has 0 saturated carbocycles. The summed E-state index contributed by atoms with van der Waals surface area (Å²) in [5.74, 6) is -0.780. The molecule has 1 aliphatic heterocycles. The Morgan fingerprint density at radius 2 is 1.29 bits per heavy atom. The predicted octanol–water partition coefficient (Wildman–Crippen LogP) is 5.84. The highest BCUT2D eigenvalue weighted by Gasteiger charge is 2.45. The van der Waals surface area contributed by atoms with Gasteiger partial charge in [-0.1, -0.05) is 103 Å². The van der Waals surface area contributed by atoms with E-state index in [0.717, 1.165) is 22.3 Å². The van der Waals surface area contributed by atoms with E-state index in [-0.39, 0.29) is 12.7 Å². The van der Waals surface area contributed by atoms with Gasteiger partial charge in [-0.3, -0.25) is 0 Å². The molecule has 1 saturated heterocycles. The third kappa shape index (κ3) is 5.16. The first-order valence-electron chi connectivity index (χ1n) is 11.8. The summed E-state index contributed by atoms with van der Waals surface area (Å²) in [5, 5.41) is 11.3. The molecule has 1 fully saturated rings. The molecule has 1 aliphatic rings. The van der Waals surface area contributed by atoms with Gasteiger partial charge in [0.15, 0.2) is 5.79 Å². The molecule has 4 rings (SSSR count). The van der Waals surface area contributed by atoms with Gasteiger partial charge in [0.25, 0.3) is 0 Å². The highest BCUT2D eigenvalue weighted by Crippen LogP contribution is 2.41. The van der Waals surface area contributed by atoms with Crippen LogP contribution in [0, 0.1) is 0 Å². The van der Waals surface area contributed by atoms with Crippen LogP contribution in [0.2, 0.25) is 0 Å². The second kappa shape index (κ2) is 10.2. The molecule has 0 bridgehead atoms. The topological polar surface area (TPSA) is 47.9 Å². The maximum Gasteiger partial charge on any atom is 0.164 e. The van der Waals surface area contributed by atoms with Gasteiger partial charge in [0.2, 0.25) is 0 Å². The molecular weight excluding hydrogens is 424 g/mol. The molecule has 34 heavy (non-hydrogen) atoms. The average molecular weight is 459 g/mol. The first-order chi connectivity index (χ1) is 16.3. The van der Waals surface area contributed by atoms with Crippen LogP contribution in [-0.4, -0.2) is 35.8 Å². The SMILES string of the molecule is CC(C)=CC1OC(C)(C)OC1C(O)COC(c1ccccc1)(c1ccccc1)c1ccccc1. The summed E-state index contributed by atoms with van der Waals surface area (Å²) in [7, 11) is 0. The lowest BCUT2D eigenvalue weighted by Gasteiger charge is -2.37. The second-order valence-electron chi connectivity index (χ2n) is 9.47. The summed E-state index contributed by atoms with van der Waals surface area (Å²) >= 11 is 0. The number of allylic oxidation sites excluding steroid dienone is 1. The van der Waals surface area contributed by atoms with Crippen LogP contribution in [-0.2, 0) is 19.8 Å². The Morgan fingerprint density at radius 3 is 1.71 bits per heavy atom. The number of benzene rings is 3. The highest BCUT2D eigenvalue weighted by molar-refractivity contribution is 5.47. The molecule has 4 nitrogen and oxygen atoms in total. The van der Waals surface area contributed by atoms with Gasteiger partial charge in [0.1, 0.15) is 23.9 Å². The van der Waals surface area contributed by atoms with Gasteiger partial charge < -0.3 is 19.3 Å². The smallest absolute Gasteiger partial charge is 0.164 e. The molecular formula is C30H34O4. The van der Waals surface area contributed by atoms with E-state index < -0.39 is 23.6 Å². The molecule has 3 unspecified atom stereocenters. The van der Waals surface area contributed by atoms with E-state index in [1.54, 1.807) is 0 Å². The van der Waals surface area contributed by atoms with E-state index in [0.29, 0.717) is 0 Å². The molecule has 1 heterocycles. The fraction of sp³-hybridized carbons (Fsp3) is 0.333. The van der Waals surface area contributed by atoms with Crippen molar-refractivity contribution >= 4 is 0 Å². The van der Waals surface area contributed by atoms with Gasteiger partial charge in [-0.25, -0.2) is 0 Å². The van der Waals surface area contributed by atoms with Crippen molar-refractivity contribution in [1.29, 1.82) is 0 Å². The number of hydrogen-bond donors (Lipinski definition) is 1. The van der Waals surface area contributed by atoms with Gasteiger partial charge in [-0.15, -0.1) is 0 Å². The van der Waals surface area contributed by atoms with Crippen molar-refractivity contribution in [3.05, 3.63) is 119 Å². The minimum Gasteiger partial charge on any atom is -0.388 e. The highest BCUT2D eigenvalue weighted by atomic mass is 16.8. The van der Waals surface area contributed by atoms with Crippen LogP contribution in [0.4, 0.5) is 0 Å². The summed E-state index contributed by atoms with van der Waals surface area (Å²) in [4.78, 5) is 0. The van der Waals surface area contributed by atoms with Crippen LogP contribution in [0.3, 0.4) is 0 Å². The van der Waals surface area contributed by atoms with E-state index in [1.165, 1.54) is 0 Å². The Hall–Kier alpha value is -2.76.